The van der Waals surface area contributed by atoms with Gasteiger partial charge in [-0.2, -0.15) is 26.3 Å². The van der Waals surface area contributed by atoms with Crippen LogP contribution in [0.5, 0.6) is 0 Å². The molecule has 0 spiro atoms. The number of ether oxygens (including phenoxy) is 1. The third-order valence-corrected chi connectivity index (χ3v) is 6.12. The second-order valence-electron chi connectivity index (χ2n) is 7.78. The van der Waals surface area contributed by atoms with Crippen molar-refractivity contribution in [3.8, 4) is 17.2 Å². The van der Waals surface area contributed by atoms with Crippen molar-refractivity contribution in [3.05, 3.63) is 40.1 Å². The van der Waals surface area contributed by atoms with Crippen LogP contribution in [0.3, 0.4) is 0 Å². The Balaban J connectivity index is 1.46. The number of nitrogens with zero attached hydrogens (tertiary/aromatic N) is 4. The van der Waals surface area contributed by atoms with Crippen LogP contribution in [0.4, 0.5) is 30.7 Å². The van der Waals surface area contributed by atoms with Crippen LogP contribution in [0, 0.1) is 5.82 Å². The summed E-state index contributed by atoms with van der Waals surface area (Å²) in [6, 6.07) is 1.74. The summed E-state index contributed by atoms with van der Waals surface area (Å²) in [5, 5.41) is 15.4. The van der Waals surface area contributed by atoms with Crippen molar-refractivity contribution in [1.82, 2.24) is 30.7 Å². The van der Waals surface area contributed by atoms with E-state index in [-0.39, 0.29) is 36.1 Å². The van der Waals surface area contributed by atoms with E-state index >= 15 is 0 Å². The number of benzene rings is 1. The molecule has 12 nitrogen and oxygen atoms in total. The molecule has 2 aromatic heterocycles. The number of esters is 1. The SMILES string of the molecule is O=C(OC1(C(=O)NCCSc2nonc2-c2noc(=O)n2-c2ccc(F)c(C(F)(F)F)c2)CNC1)C(F)(F)F. The van der Waals surface area contributed by atoms with Crippen LogP contribution in [0.1, 0.15) is 5.56 Å². The second kappa shape index (κ2) is 10.3. The number of hydrogen-bond acceptors (Lipinski definition) is 11. The smallest absolute Gasteiger partial charge is 0.439 e. The second-order valence-corrected chi connectivity index (χ2v) is 8.86. The van der Waals surface area contributed by atoms with E-state index in [1.54, 1.807) is 0 Å². The van der Waals surface area contributed by atoms with E-state index in [9.17, 15) is 45.1 Å². The van der Waals surface area contributed by atoms with Crippen LogP contribution >= 0.6 is 11.8 Å². The summed E-state index contributed by atoms with van der Waals surface area (Å²) in [5.41, 5.74) is -4.40. The van der Waals surface area contributed by atoms with Gasteiger partial charge in [-0.05, 0) is 28.5 Å². The summed E-state index contributed by atoms with van der Waals surface area (Å²) in [6.45, 7) is -0.859. The van der Waals surface area contributed by atoms with Crippen LogP contribution in [-0.2, 0) is 20.5 Å². The summed E-state index contributed by atoms with van der Waals surface area (Å²) < 4.78 is 105. The molecule has 1 aliphatic heterocycles. The lowest BCUT2D eigenvalue weighted by Gasteiger charge is -2.39. The van der Waals surface area contributed by atoms with Gasteiger partial charge in [0, 0.05) is 25.4 Å². The van der Waals surface area contributed by atoms with Gasteiger partial charge < -0.3 is 15.4 Å². The van der Waals surface area contributed by atoms with Crippen molar-refractivity contribution < 1.29 is 54.2 Å². The quantitative estimate of drug-likeness (QED) is 0.172. The van der Waals surface area contributed by atoms with Crippen molar-refractivity contribution >= 4 is 23.6 Å². The number of amides is 1. The van der Waals surface area contributed by atoms with Crippen LogP contribution in [0.2, 0.25) is 0 Å². The highest BCUT2D eigenvalue weighted by atomic mass is 32.2. The van der Waals surface area contributed by atoms with Crippen molar-refractivity contribution in [2.45, 2.75) is 23.0 Å². The van der Waals surface area contributed by atoms with Crippen LogP contribution in [0.15, 0.2) is 37.2 Å². The molecule has 1 aliphatic rings. The third-order valence-electron chi connectivity index (χ3n) is 5.17. The number of nitrogens with one attached hydrogen (secondary N) is 2. The van der Waals surface area contributed by atoms with E-state index in [1.165, 1.54) is 0 Å². The summed E-state index contributed by atoms with van der Waals surface area (Å²) in [5.74, 6) is -6.77. The van der Waals surface area contributed by atoms with Crippen molar-refractivity contribution in [2.24, 2.45) is 0 Å². The summed E-state index contributed by atoms with van der Waals surface area (Å²) in [4.78, 5) is 35.7. The van der Waals surface area contributed by atoms with Gasteiger partial charge in [-0.15, -0.1) is 0 Å². The highest BCUT2D eigenvalue weighted by molar-refractivity contribution is 7.99. The Labute approximate surface area is 214 Å². The fourth-order valence-electron chi connectivity index (χ4n) is 3.25. The van der Waals surface area contributed by atoms with Gasteiger partial charge in [0.15, 0.2) is 10.7 Å². The molecule has 4 rings (SSSR count). The van der Waals surface area contributed by atoms with E-state index in [2.05, 4.69) is 40.0 Å². The minimum absolute atomic E-state index is 0.0134. The van der Waals surface area contributed by atoms with E-state index in [0.717, 1.165) is 17.8 Å². The molecule has 3 aromatic rings. The molecule has 0 saturated carbocycles. The minimum Gasteiger partial charge on any atom is -0.439 e. The molecule has 2 N–H and O–H groups in total. The Morgan fingerprint density at radius 1 is 1.15 bits per heavy atom. The number of carbonyl (C=O) groups excluding carboxylic acids is 2. The minimum atomic E-state index is -5.29. The fourth-order valence-corrected chi connectivity index (χ4v) is 4.00. The normalized spacial score (nSPS) is 15.1. The first-order valence-electron chi connectivity index (χ1n) is 10.4. The number of aromatic nitrogens is 4. The molecular weight excluding hydrogens is 573 g/mol. The molecule has 1 saturated heterocycles. The molecule has 0 bridgehead atoms. The summed E-state index contributed by atoms with van der Waals surface area (Å²) in [6.07, 6.45) is -10.4. The maximum atomic E-state index is 13.7. The first-order chi connectivity index (χ1) is 18.2. The number of alkyl halides is 6. The lowest BCUT2D eigenvalue weighted by molar-refractivity contribution is -0.218. The van der Waals surface area contributed by atoms with Crippen LogP contribution < -0.4 is 16.4 Å². The topological polar surface area (TPSA) is 154 Å². The first kappa shape index (κ1) is 28.1. The Bertz CT molecular complexity index is 1450. The number of carbonyl (C=O) groups is 2. The average molecular weight is 586 g/mol. The number of rotatable bonds is 8. The predicted molar refractivity (Wildman–Crippen MR) is 112 cm³/mol. The largest absolute Gasteiger partial charge is 0.490 e. The Hall–Kier alpha value is -3.94. The van der Waals surface area contributed by atoms with Crippen LogP contribution in [0.25, 0.3) is 17.2 Å². The molecule has 3 heterocycles. The van der Waals surface area contributed by atoms with Crippen molar-refractivity contribution in [3.63, 3.8) is 0 Å². The van der Waals surface area contributed by atoms with Gasteiger partial charge in [-0.3, -0.25) is 9.32 Å². The Kier molecular flexibility index (Phi) is 7.43. The maximum absolute atomic E-state index is 13.7. The van der Waals surface area contributed by atoms with Gasteiger partial charge in [0.2, 0.25) is 11.4 Å². The maximum Gasteiger partial charge on any atom is 0.490 e. The van der Waals surface area contributed by atoms with Crippen LogP contribution in [-0.4, -0.2) is 69.1 Å². The van der Waals surface area contributed by atoms with Gasteiger partial charge in [-0.25, -0.2) is 23.2 Å². The van der Waals surface area contributed by atoms with Gasteiger partial charge in [0.05, 0.1) is 11.3 Å². The van der Waals surface area contributed by atoms with E-state index in [0.29, 0.717) is 16.7 Å². The lowest BCUT2D eigenvalue weighted by Crippen LogP contribution is -2.70. The monoisotopic (exact) mass is 586 g/mol. The highest BCUT2D eigenvalue weighted by Gasteiger charge is 2.53. The zero-order valence-corrected chi connectivity index (χ0v) is 19.7. The molecule has 1 aromatic carbocycles. The molecule has 1 fully saturated rings. The van der Waals surface area contributed by atoms with Crippen molar-refractivity contribution in [1.29, 1.82) is 0 Å². The average Bonchev–Trinajstić information content (AvgIpc) is 3.43. The van der Waals surface area contributed by atoms with Crippen molar-refractivity contribution in [2.75, 3.05) is 25.4 Å². The molecule has 1 amide bonds. The summed E-state index contributed by atoms with van der Waals surface area (Å²) >= 11 is 0.845. The molecule has 0 unspecified atom stereocenters. The van der Waals surface area contributed by atoms with Gasteiger partial charge in [-0.1, -0.05) is 16.9 Å². The Morgan fingerprint density at radius 2 is 1.87 bits per heavy atom. The van der Waals surface area contributed by atoms with E-state index in [1.807, 2.05) is 0 Å². The number of hydrogen-bond donors (Lipinski definition) is 2. The lowest BCUT2D eigenvalue weighted by atomic mass is 9.95. The Morgan fingerprint density at radius 3 is 2.49 bits per heavy atom. The van der Waals surface area contributed by atoms with Gasteiger partial charge >= 0.3 is 24.1 Å². The molecule has 0 aliphatic carbocycles. The molecule has 210 valence electrons. The fraction of sp³-hybridized carbons (Fsp3) is 0.368. The first-order valence-corrected chi connectivity index (χ1v) is 11.4. The zero-order chi connectivity index (χ0) is 28.6. The van der Waals surface area contributed by atoms with Gasteiger partial charge in [0.1, 0.15) is 5.82 Å². The molecular formula is C19H13F7N6O6S. The van der Waals surface area contributed by atoms with E-state index in [4.69, 9.17) is 0 Å². The predicted octanol–water partition coefficient (Wildman–Crippen LogP) is 1.69. The standard InChI is InChI=1S/C19H13F7N6O6S/c20-10-2-1-8(5-9(10)18(21,22)23)32-12(30-37-16(32)35)11-13(31-38-29-11)39-4-3-28-14(33)17(6-27-7-17)36-15(34)19(24,25)26/h1-2,5,27H,3-4,6-7H2,(H,28,33). The summed E-state index contributed by atoms with van der Waals surface area (Å²) in [7, 11) is 0. The third kappa shape index (κ3) is 5.75. The molecule has 20 heteroatoms. The molecule has 0 atom stereocenters. The van der Waals surface area contributed by atoms with E-state index < -0.39 is 58.5 Å². The number of thioether (sulfide) groups is 1. The highest BCUT2D eigenvalue weighted by Crippen LogP contribution is 2.34. The zero-order valence-electron chi connectivity index (χ0n) is 18.9. The molecule has 0 radical (unpaired) electrons. The number of halogens is 7. The molecule has 39 heavy (non-hydrogen) atoms. The van der Waals surface area contributed by atoms with Gasteiger partial charge in [0.25, 0.3) is 5.91 Å².